The molecule has 0 spiro atoms. The summed E-state index contributed by atoms with van der Waals surface area (Å²) in [7, 11) is 0. The van der Waals surface area contributed by atoms with Crippen LogP contribution in [0.15, 0.2) is 138 Å². The number of aryl methyl sites for hydroxylation is 1. The molecule has 1 aliphatic carbocycles. The van der Waals surface area contributed by atoms with Gasteiger partial charge in [0.05, 0.1) is 0 Å². The molecule has 9 rings (SSSR count). The third kappa shape index (κ3) is 4.00. The molecule has 0 amide bonds. The van der Waals surface area contributed by atoms with Crippen LogP contribution < -0.4 is 4.90 Å². The van der Waals surface area contributed by atoms with E-state index in [-0.39, 0.29) is 0 Å². The van der Waals surface area contributed by atoms with Gasteiger partial charge in [-0.3, -0.25) is 0 Å². The molecular weight excluding hydrogens is 543 g/mol. The van der Waals surface area contributed by atoms with Crippen LogP contribution in [-0.4, -0.2) is 0 Å². The van der Waals surface area contributed by atoms with Crippen LogP contribution in [0.3, 0.4) is 0 Å². The van der Waals surface area contributed by atoms with Crippen molar-refractivity contribution in [2.45, 2.75) is 12.8 Å². The van der Waals surface area contributed by atoms with Crippen LogP contribution in [0.5, 0.6) is 0 Å². The van der Waals surface area contributed by atoms with Gasteiger partial charge in [0.1, 0.15) is 11.2 Å². The lowest BCUT2D eigenvalue weighted by Gasteiger charge is -2.26. The summed E-state index contributed by atoms with van der Waals surface area (Å²) in [4.78, 5) is 2.36. The smallest absolute Gasteiger partial charge is 0.136 e. The Morgan fingerprint density at radius 2 is 1.33 bits per heavy atom. The van der Waals surface area contributed by atoms with Crippen molar-refractivity contribution >= 4 is 76.6 Å². The number of benzene rings is 6. The number of rotatable bonds is 4. The second-order valence-electron chi connectivity index (χ2n) is 11.3. The molecule has 0 fully saturated rings. The molecule has 3 heteroatoms. The first-order valence-corrected chi connectivity index (χ1v) is 15.6. The van der Waals surface area contributed by atoms with Gasteiger partial charge in [0, 0.05) is 48.0 Å². The van der Waals surface area contributed by atoms with E-state index in [4.69, 9.17) is 4.42 Å². The standard InChI is InChI=1S/C40H27NOS/c1-2-10-30(11-3-1)41(31-18-16-27(17-19-31)29-15-14-26-8-4-5-9-28(26)24-29)32-20-22-37-34(25-32)40-38(43-37)23-21-36-39(40)33-12-6-7-13-35(33)42-36/h1-3,5-7,9-25H,4,8H2. The van der Waals surface area contributed by atoms with Crippen molar-refractivity contribution in [1.29, 1.82) is 0 Å². The van der Waals surface area contributed by atoms with E-state index in [1.807, 2.05) is 17.4 Å². The van der Waals surface area contributed by atoms with Gasteiger partial charge < -0.3 is 9.32 Å². The molecule has 2 aromatic heterocycles. The summed E-state index contributed by atoms with van der Waals surface area (Å²) in [6.07, 6.45) is 6.80. The van der Waals surface area contributed by atoms with E-state index >= 15 is 0 Å². The minimum absolute atomic E-state index is 0.932. The zero-order valence-electron chi connectivity index (χ0n) is 23.5. The van der Waals surface area contributed by atoms with Crippen molar-refractivity contribution in [3.8, 4) is 11.1 Å². The minimum atomic E-state index is 0.932. The molecule has 0 radical (unpaired) electrons. The molecule has 0 unspecified atom stereocenters. The zero-order valence-corrected chi connectivity index (χ0v) is 24.3. The van der Waals surface area contributed by atoms with Gasteiger partial charge in [-0.15, -0.1) is 11.3 Å². The molecule has 2 nitrogen and oxygen atoms in total. The number of nitrogens with zero attached hydrogens (tertiary/aromatic N) is 1. The highest BCUT2D eigenvalue weighted by Gasteiger charge is 2.18. The number of furan rings is 1. The highest BCUT2D eigenvalue weighted by Crippen LogP contribution is 2.45. The number of anilines is 3. The molecule has 0 saturated carbocycles. The van der Waals surface area contributed by atoms with Crippen molar-refractivity contribution in [1.82, 2.24) is 0 Å². The van der Waals surface area contributed by atoms with Crippen molar-refractivity contribution in [3.05, 3.63) is 145 Å². The van der Waals surface area contributed by atoms with Crippen LogP contribution in [0.2, 0.25) is 0 Å². The molecular formula is C40H27NOS. The van der Waals surface area contributed by atoms with E-state index in [0.29, 0.717) is 0 Å². The second kappa shape index (κ2) is 9.72. The molecule has 204 valence electrons. The Kier molecular flexibility index (Phi) is 5.53. The minimum Gasteiger partial charge on any atom is -0.456 e. The Labute approximate surface area is 253 Å². The van der Waals surface area contributed by atoms with E-state index in [1.54, 1.807) is 0 Å². The van der Waals surface area contributed by atoms with Crippen molar-refractivity contribution in [3.63, 3.8) is 0 Å². The topological polar surface area (TPSA) is 16.4 Å². The number of thiophene rings is 1. The maximum atomic E-state index is 6.26. The Bertz CT molecular complexity index is 2340. The highest BCUT2D eigenvalue weighted by molar-refractivity contribution is 7.26. The fourth-order valence-electron chi connectivity index (χ4n) is 6.64. The van der Waals surface area contributed by atoms with Crippen LogP contribution in [0.1, 0.15) is 17.5 Å². The second-order valence-corrected chi connectivity index (χ2v) is 12.3. The Morgan fingerprint density at radius 1 is 0.558 bits per heavy atom. The summed E-state index contributed by atoms with van der Waals surface area (Å²) in [6, 6.07) is 46.1. The molecule has 43 heavy (non-hydrogen) atoms. The lowest BCUT2D eigenvalue weighted by Crippen LogP contribution is -2.09. The third-order valence-corrected chi connectivity index (χ3v) is 9.85. The van der Waals surface area contributed by atoms with Gasteiger partial charge in [0.25, 0.3) is 0 Å². The predicted molar refractivity (Wildman–Crippen MR) is 184 cm³/mol. The number of allylic oxidation sites excluding steroid dienone is 1. The predicted octanol–water partition coefficient (Wildman–Crippen LogP) is 12.1. The number of para-hydroxylation sites is 2. The first-order chi connectivity index (χ1) is 21.3. The monoisotopic (exact) mass is 569 g/mol. The number of hydrogen-bond donors (Lipinski definition) is 0. The lowest BCUT2D eigenvalue weighted by atomic mass is 9.93. The van der Waals surface area contributed by atoms with Gasteiger partial charge in [-0.05, 0) is 102 Å². The van der Waals surface area contributed by atoms with Crippen LogP contribution in [-0.2, 0) is 6.42 Å². The van der Waals surface area contributed by atoms with Crippen LogP contribution in [0.25, 0.3) is 59.3 Å². The molecule has 2 heterocycles. The summed E-state index contributed by atoms with van der Waals surface area (Å²) >= 11 is 1.84. The molecule has 6 aromatic carbocycles. The first-order valence-electron chi connectivity index (χ1n) is 14.8. The maximum absolute atomic E-state index is 6.26. The molecule has 0 atom stereocenters. The van der Waals surface area contributed by atoms with Crippen LogP contribution in [0, 0.1) is 0 Å². The Hall–Kier alpha value is -5.12. The van der Waals surface area contributed by atoms with E-state index < -0.39 is 0 Å². The van der Waals surface area contributed by atoms with Gasteiger partial charge in [-0.2, -0.15) is 0 Å². The van der Waals surface area contributed by atoms with Crippen LogP contribution in [0.4, 0.5) is 17.1 Å². The summed E-state index contributed by atoms with van der Waals surface area (Å²) in [6.45, 7) is 0. The van der Waals surface area contributed by atoms with E-state index in [0.717, 1.165) is 41.1 Å². The largest absolute Gasteiger partial charge is 0.456 e. The third-order valence-electron chi connectivity index (χ3n) is 8.71. The van der Waals surface area contributed by atoms with Gasteiger partial charge in [-0.25, -0.2) is 0 Å². The fourth-order valence-corrected chi connectivity index (χ4v) is 7.74. The zero-order chi connectivity index (χ0) is 28.3. The normalized spacial score (nSPS) is 12.8. The Morgan fingerprint density at radius 3 is 2.23 bits per heavy atom. The fraction of sp³-hybridized carbons (Fsp3) is 0.0500. The lowest BCUT2D eigenvalue weighted by molar-refractivity contribution is 0.669. The molecule has 0 saturated heterocycles. The Balaban J connectivity index is 1.20. The van der Waals surface area contributed by atoms with Crippen molar-refractivity contribution in [2.75, 3.05) is 4.90 Å². The SMILES string of the molecule is C1=Cc2cc(-c3ccc(N(c4ccccc4)c4ccc5sc6ccc7oc8ccccc8c7c6c5c4)cc3)ccc2CC1. The molecule has 8 aromatic rings. The maximum Gasteiger partial charge on any atom is 0.136 e. The summed E-state index contributed by atoms with van der Waals surface area (Å²) < 4.78 is 8.82. The van der Waals surface area contributed by atoms with Gasteiger partial charge in [-0.1, -0.05) is 72.8 Å². The van der Waals surface area contributed by atoms with Gasteiger partial charge in [0.2, 0.25) is 0 Å². The number of hydrogen-bond acceptors (Lipinski definition) is 3. The summed E-state index contributed by atoms with van der Waals surface area (Å²) in [5, 5.41) is 4.90. The van der Waals surface area contributed by atoms with E-state index in [9.17, 15) is 0 Å². The quantitative estimate of drug-likeness (QED) is 0.210. The summed E-state index contributed by atoms with van der Waals surface area (Å²) in [5.41, 5.74) is 10.5. The first kappa shape index (κ1) is 24.5. The molecule has 1 aliphatic rings. The highest BCUT2D eigenvalue weighted by atomic mass is 32.1. The van der Waals surface area contributed by atoms with Gasteiger partial charge >= 0.3 is 0 Å². The number of fused-ring (bicyclic) bond motifs is 8. The van der Waals surface area contributed by atoms with E-state index in [1.165, 1.54) is 53.2 Å². The average molecular weight is 570 g/mol. The van der Waals surface area contributed by atoms with E-state index in [2.05, 4.69) is 138 Å². The molecule has 0 N–H and O–H groups in total. The van der Waals surface area contributed by atoms with Crippen molar-refractivity contribution in [2.24, 2.45) is 0 Å². The summed E-state index contributed by atoms with van der Waals surface area (Å²) in [5.74, 6) is 0. The molecule has 0 bridgehead atoms. The van der Waals surface area contributed by atoms with Gasteiger partial charge in [0.15, 0.2) is 0 Å². The molecule has 0 aliphatic heterocycles. The van der Waals surface area contributed by atoms with Crippen LogP contribution >= 0.6 is 11.3 Å². The average Bonchev–Trinajstić information content (AvgIpc) is 3.63. The van der Waals surface area contributed by atoms with Crippen molar-refractivity contribution < 1.29 is 4.42 Å².